The van der Waals surface area contributed by atoms with Gasteiger partial charge >= 0.3 is 5.97 Å². The standard InChI is InChI=1S/C72H139NO5/c1-3-5-7-9-11-13-15-17-19-20-30-33-37-40-44-48-52-56-60-64-70(75)69(68-74)73-71(76)65-61-57-53-49-45-41-38-34-31-28-26-24-22-21-23-25-27-29-32-35-39-43-47-51-55-59-63-67-78-72(77)66-62-58-54-50-46-42-36-18-16-14-12-10-8-6-4-2/h21-22,25,27,69-70,74-75H,3-20,23-24,26,28-68H2,1-2H3,(H,73,76)/b22-21-,27-25-. The maximum absolute atomic E-state index is 12.5. The van der Waals surface area contributed by atoms with Crippen LogP contribution in [0.25, 0.3) is 0 Å². The van der Waals surface area contributed by atoms with Crippen LogP contribution in [0.1, 0.15) is 399 Å². The Hall–Kier alpha value is -1.66. The van der Waals surface area contributed by atoms with Crippen molar-refractivity contribution in [1.29, 1.82) is 0 Å². The predicted molar refractivity (Wildman–Crippen MR) is 343 cm³/mol. The third-order valence-electron chi connectivity index (χ3n) is 16.8. The highest BCUT2D eigenvalue weighted by Crippen LogP contribution is 2.19. The summed E-state index contributed by atoms with van der Waals surface area (Å²) in [6.07, 6.45) is 85.1. The number of hydrogen-bond acceptors (Lipinski definition) is 5. The van der Waals surface area contributed by atoms with Gasteiger partial charge in [-0.25, -0.2) is 0 Å². The predicted octanol–water partition coefficient (Wildman–Crippen LogP) is 22.9. The lowest BCUT2D eigenvalue weighted by Gasteiger charge is -2.22. The molecule has 0 aliphatic heterocycles. The van der Waals surface area contributed by atoms with Crippen LogP contribution in [-0.4, -0.2) is 47.4 Å². The van der Waals surface area contributed by atoms with Gasteiger partial charge in [-0.2, -0.15) is 0 Å². The van der Waals surface area contributed by atoms with Crippen molar-refractivity contribution in [3.05, 3.63) is 24.3 Å². The number of aliphatic hydroxyl groups excluding tert-OH is 2. The van der Waals surface area contributed by atoms with Crippen LogP contribution in [0.4, 0.5) is 0 Å². The molecular weight excluding hydrogens is 959 g/mol. The first-order valence-electron chi connectivity index (χ1n) is 35.6. The Bertz CT molecular complexity index is 1220. The molecule has 0 aliphatic rings. The van der Waals surface area contributed by atoms with Gasteiger partial charge in [0.25, 0.3) is 0 Å². The molecule has 0 aromatic heterocycles. The number of rotatable bonds is 67. The number of nitrogens with one attached hydrogen (secondary N) is 1. The van der Waals surface area contributed by atoms with Gasteiger partial charge in [0.05, 0.1) is 25.4 Å². The van der Waals surface area contributed by atoms with Gasteiger partial charge < -0.3 is 20.3 Å². The van der Waals surface area contributed by atoms with Crippen LogP contribution < -0.4 is 5.32 Å². The first-order chi connectivity index (χ1) is 38.5. The SMILES string of the molecule is CCCCCCCCCCCCCCCCCCCCCC(O)C(CO)NC(=O)CCCCCCCCCCCCC/C=C\C/C=C\CCCCCCCCCCCOC(=O)CCCCCCCCCCCCCCCCC. The summed E-state index contributed by atoms with van der Waals surface area (Å²) in [5.41, 5.74) is 0. The van der Waals surface area contributed by atoms with Crippen LogP contribution >= 0.6 is 0 Å². The van der Waals surface area contributed by atoms with E-state index in [1.54, 1.807) is 0 Å². The maximum atomic E-state index is 12.5. The molecule has 2 unspecified atom stereocenters. The molecule has 0 heterocycles. The lowest BCUT2D eigenvalue weighted by molar-refractivity contribution is -0.143. The molecule has 0 spiro atoms. The monoisotopic (exact) mass is 1100 g/mol. The van der Waals surface area contributed by atoms with Crippen LogP contribution in [0.15, 0.2) is 24.3 Å². The number of carbonyl (C=O) groups is 2. The van der Waals surface area contributed by atoms with Crippen LogP contribution in [0.2, 0.25) is 0 Å². The Morgan fingerprint density at radius 3 is 0.974 bits per heavy atom. The van der Waals surface area contributed by atoms with Crippen LogP contribution in [0, 0.1) is 0 Å². The first-order valence-corrected chi connectivity index (χ1v) is 35.6. The Kier molecular flexibility index (Phi) is 66.4. The molecule has 2 atom stereocenters. The van der Waals surface area contributed by atoms with Crippen LogP contribution in [0.5, 0.6) is 0 Å². The van der Waals surface area contributed by atoms with E-state index >= 15 is 0 Å². The van der Waals surface area contributed by atoms with E-state index in [1.165, 1.54) is 321 Å². The third-order valence-corrected chi connectivity index (χ3v) is 16.8. The fraction of sp³-hybridized carbons (Fsp3) is 0.917. The summed E-state index contributed by atoms with van der Waals surface area (Å²) in [6.45, 7) is 4.99. The van der Waals surface area contributed by atoms with Gasteiger partial charge in [0.1, 0.15) is 0 Å². The van der Waals surface area contributed by atoms with E-state index in [0.717, 1.165) is 44.9 Å². The minimum absolute atomic E-state index is 0.0144. The molecule has 3 N–H and O–H groups in total. The molecule has 0 aromatic rings. The summed E-state index contributed by atoms with van der Waals surface area (Å²) in [4.78, 5) is 24.6. The lowest BCUT2D eigenvalue weighted by atomic mass is 10.0. The number of esters is 1. The first kappa shape index (κ1) is 76.3. The summed E-state index contributed by atoms with van der Waals surface area (Å²) in [7, 11) is 0. The molecule has 78 heavy (non-hydrogen) atoms. The number of ether oxygens (including phenoxy) is 1. The van der Waals surface area contributed by atoms with Crippen molar-refractivity contribution >= 4 is 11.9 Å². The zero-order valence-electron chi connectivity index (χ0n) is 52.9. The Morgan fingerprint density at radius 2 is 0.641 bits per heavy atom. The van der Waals surface area contributed by atoms with Gasteiger partial charge in [0.2, 0.25) is 5.91 Å². The topological polar surface area (TPSA) is 95.9 Å². The second-order valence-electron chi connectivity index (χ2n) is 24.6. The van der Waals surface area contributed by atoms with Gasteiger partial charge in [-0.1, -0.05) is 353 Å². The second-order valence-corrected chi connectivity index (χ2v) is 24.6. The summed E-state index contributed by atoms with van der Waals surface area (Å²) in [5, 5.41) is 23.4. The largest absolute Gasteiger partial charge is 0.466 e. The molecule has 6 nitrogen and oxygen atoms in total. The van der Waals surface area contributed by atoms with E-state index in [1.807, 2.05) is 0 Å². The molecule has 0 aromatic carbocycles. The molecule has 0 rings (SSSR count). The fourth-order valence-electron chi connectivity index (χ4n) is 11.3. The molecule has 0 radical (unpaired) electrons. The Morgan fingerprint density at radius 1 is 0.359 bits per heavy atom. The van der Waals surface area contributed by atoms with E-state index in [-0.39, 0.29) is 18.5 Å². The summed E-state index contributed by atoms with van der Waals surface area (Å²) >= 11 is 0. The van der Waals surface area contributed by atoms with Crippen LogP contribution in [0.3, 0.4) is 0 Å². The smallest absolute Gasteiger partial charge is 0.305 e. The number of unbranched alkanes of at least 4 members (excludes halogenated alkanes) is 52. The molecule has 1 amide bonds. The van der Waals surface area contributed by atoms with Crippen molar-refractivity contribution in [2.75, 3.05) is 13.2 Å². The zero-order chi connectivity index (χ0) is 56.4. The number of amides is 1. The molecule has 462 valence electrons. The summed E-state index contributed by atoms with van der Waals surface area (Å²) in [5.74, 6) is -0.0198. The fourth-order valence-corrected chi connectivity index (χ4v) is 11.3. The van der Waals surface area contributed by atoms with Crippen molar-refractivity contribution in [2.24, 2.45) is 0 Å². The summed E-state index contributed by atoms with van der Waals surface area (Å²) in [6, 6.07) is -0.544. The highest BCUT2D eigenvalue weighted by atomic mass is 16.5. The van der Waals surface area contributed by atoms with Gasteiger partial charge in [-0.05, 0) is 57.8 Å². The molecular formula is C72H139NO5. The quantitative estimate of drug-likeness (QED) is 0.0320. The molecule has 0 saturated carbocycles. The maximum Gasteiger partial charge on any atom is 0.305 e. The van der Waals surface area contributed by atoms with E-state index in [0.29, 0.717) is 25.9 Å². The minimum Gasteiger partial charge on any atom is -0.466 e. The van der Waals surface area contributed by atoms with Crippen molar-refractivity contribution in [1.82, 2.24) is 5.32 Å². The van der Waals surface area contributed by atoms with Crippen molar-refractivity contribution in [3.63, 3.8) is 0 Å². The van der Waals surface area contributed by atoms with Crippen molar-refractivity contribution < 1.29 is 24.5 Å². The van der Waals surface area contributed by atoms with E-state index in [9.17, 15) is 19.8 Å². The molecule has 0 fully saturated rings. The lowest BCUT2D eigenvalue weighted by Crippen LogP contribution is -2.45. The minimum atomic E-state index is -0.667. The molecule has 0 bridgehead atoms. The van der Waals surface area contributed by atoms with Gasteiger partial charge in [-0.15, -0.1) is 0 Å². The average molecular weight is 1100 g/mol. The van der Waals surface area contributed by atoms with E-state index in [4.69, 9.17) is 4.74 Å². The van der Waals surface area contributed by atoms with Crippen molar-refractivity contribution in [2.45, 2.75) is 411 Å². The summed E-state index contributed by atoms with van der Waals surface area (Å²) < 4.78 is 5.49. The Balaban J connectivity index is 3.41. The highest BCUT2D eigenvalue weighted by molar-refractivity contribution is 5.76. The molecule has 0 saturated heterocycles. The van der Waals surface area contributed by atoms with Gasteiger partial charge in [0, 0.05) is 12.8 Å². The van der Waals surface area contributed by atoms with E-state index < -0.39 is 12.1 Å². The molecule has 0 aliphatic carbocycles. The highest BCUT2D eigenvalue weighted by Gasteiger charge is 2.20. The normalized spacial score (nSPS) is 12.6. The number of carbonyl (C=O) groups excluding carboxylic acids is 2. The molecule has 6 heteroatoms. The van der Waals surface area contributed by atoms with Crippen LogP contribution in [-0.2, 0) is 14.3 Å². The number of allylic oxidation sites excluding steroid dienone is 4. The van der Waals surface area contributed by atoms with Gasteiger partial charge in [-0.3, -0.25) is 9.59 Å². The van der Waals surface area contributed by atoms with Gasteiger partial charge in [0.15, 0.2) is 0 Å². The van der Waals surface area contributed by atoms with E-state index in [2.05, 4.69) is 43.5 Å². The zero-order valence-corrected chi connectivity index (χ0v) is 52.9. The van der Waals surface area contributed by atoms with Crippen molar-refractivity contribution in [3.8, 4) is 0 Å². The number of hydrogen-bond donors (Lipinski definition) is 3. The Labute approximate surface area is 488 Å². The second kappa shape index (κ2) is 67.8. The number of aliphatic hydroxyl groups is 2. The average Bonchev–Trinajstić information content (AvgIpc) is 3.44. The third kappa shape index (κ3) is 63.5.